The van der Waals surface area contributed by atoms with Crippen molar-refractivity contribution in [1.82, 2.24) is 5.32 Å². The molecular formula is C6H10BrN. The van der Waals surface area contributed by atoms with Crippen molar-refractivity contribution in [1.29, 1.82) is 0 Å². The summed E-state index contributed by atoms with van der Waals surface area (Å²) in [5.41, 5.74) is 0. The van der Waals surface area contributed by atoms with Crippen molar-refractivity contribution in [2.24, 2.45) is 5.92 Å². The van der Waals surface area contributed by atoms with Crippen LogP contribution >= 0.6 is 15.9 Å². The number of halogens is 1. The van der Waals surface area contributed by atoms with E-state index in [2.05, 4.69) is 34.2 Å². The van der Waals surface area contributed by atoms with Crippen molar-refractivity contribution >= 4 is 15.9 Å². The van der Waals surface area contributed by atoms with Crippen molar-refractivity contribution in [3.05, 3.63) is 10.7 Å². The van der Waals surface area contributed by atoms with Crippen molar-refractivity contribution in [2.45, 2.75) is 13.3 Å². The molecule has 0 aromatic heterocycles. The molecule has 0 spiro atoms. The fourth-order valence-corrected chi connectivity index (χ4v) is 1.08. The molecule has 0 amide bonds. The molecule has 1 atom stereocenters. The maximum absolute atomic E-state index is 3.37. The molecule has 1 aliphatic rings. The minimum atomic E-state index is 0.802. The predicted octanol–water partition coefficient (Wildman–Crippen LogP) is 1.85. The summed E-state index contributed by atoms with van der Waals surface area (Å²) in [6.45, 7) is 3.35. The molecule has 1 nitrogen and oxygen atoms in total. The van der Waals surface area contributed by atoms with Crippen LogP contribution in [-0.4, -0.2) is 6.54 Å². The third kappa shape index (κ3) is 1.51. The first kappa shape index (κ1) is 6.14. The van der Waals surface area contributed by atoms with E-state index in [-0.39, 0.29) is 0 Å². The van der Waals surface area contributed by atoms with Gasteiger partial charge in [-0.05, 0) is 28.3 Å². The van der Waals surface area contributed by atoms with Gasteiger partial charge < -0.3 is 5.32 Å². The summed E-state index contributed by atoms with van der Waals surface area (Å²) in [4.78, 5) is 0. The lowest BCUT2D eigenvalue weighted by molar-refractivity contribution is 0.537. The zero-order valence-corrected chi connectivity index (χ0v) is 6.53. The zero-order chi connectivity index (χ0) is 5.98. The smallest absolute Gasteiger partial charge is 0.0739 e. The maximum atomic E-state index is 3.37. The molecular weight excluding hydrogens is 166 g/mol. The minimum absolute atomic E-state index is 0.802. The van der Waals surface area contributed by atoms with Crippen molar-refractivity contribution in [3.8, 4) is 0 Å². The fraction of sp³-hybridized carbons (Fsp3) is 0.667. The molecule has 1 rings (SSSR count). The Morgan fingerprint density at radius 2 is 2.62 bits per heavy atom. The maximum Gasteiger partial charge on any atom is 0.0739 e. The van der Waals surface area contributed by atoms with Gasteiger partial charge in [0.15, 0.2) is 0 Å². The second-order valence-corrected chi connectivity index (χ2v) is 3.13. The largest absolute Gasteiger partial charge is 0.379 e. The van der Waals surface area contributed by atoms with Crippen LogP contribution in [0.3, 0.4) is 0 Å². The lowest BCUT2D eigenvalue weighted by Crippen LogP contribution is -2.21. The molecule has 1 unspecified atom stereocenters. The molecule has 0 aromatic carbocycles. The van der Waals surface area contributed by atoms with Crippen LogP contribution < -0.4 is 5.32 Å². The summed E-state index contributed by atoms with van der Waals surface area (Å²) in [5, 5.41) is 3.21. The van der Waals surface area contributed by atoms with E-state index in [1.807, 2.05) is 0 Å². The van der Waals surface area contributed by atoms with Crippen LogP contribution in [-0.2, 0) is 0 Å². The Morgan fingerprint density at radius 3 is 3.00 bits per heavy atom. The van der Waals surface area contributed by atoms with Gasteiger partial charge in [-0.25, -0.2) is 0 Å². The van der Waals surface area contributed by atoms with Crippen molar-refractivity contribution in [3.63, 3.8) is 0 Å². The van der Waals surface area contributed by atoms with Gasteiger partial charge >= 0.3 is 0 Å². The first-order chi connectivity index (χ1) is 3.79. The Kier molecular flexibility index (Phi) is 1.95. The summed E-state index contributed by atoms with van der Waals surface area (Å²) in [5.74, 6) is 0.802. The van der Waals surface area contributed by atoms with Crippen LogP contribution in [0.15, 0.2) is 10.7 Å². The SMILES string of the molecule is CC1CC=C(Br)NC1. The number of rotatable bonds is 0. The Labute approximate surface area is 58.3 Å². The second-order valence-electron chi connectivity index (χ2n) is 2.27. The monoisotopic (exact) mass is 175 g/mol. The van der Waals surface area contributed by atoms with Crippen LogP contribution in [0.25, 0.3) is 0 Å². The van der Waals surface area contributed by atoms with E-state index in [1.165, 1.54) is 6.42 Å². The van der Waals surface area contributed by atoms with E-state index >= 15 is 0 Å². The number of nitrogens with one attached hydrogen (secondary N) is 1. The molecule has 8 heavy (non-hydrogen) atoms. The highest BCUT2D eigenvalue weighted by Gasteiger charge is 2.04. The Hall–Kier alpha value is 0.0200. The molecule has 46 valence electrons. The average molecular weight is 176 g/mol. The van der Waals surface area contributed by atoms with E-state index in [4.69, 9.17) is 0 Å². The first-order valence-electron chi connectivity index (χ1n) is 2.88. The molecule has 0 saturated heterocycles. The van der Waals surface area contributed by atoms with Gasteiger partial charge in [-0.15, -0.1) is 0 Å². The first-order valence-corrected chi connectivity index (χ1v) is 3.68. The van der Waals surface area contributed by atoms with Gasteiger partial charge in [0.05, 0.1) is 4.61 Å². The lowest BCUT2D eigenvalue weighted by atomic mass is 10.1. The van der Waals surface area contributed by atoms with Gasteiger partial charge in [-0.1, -0.05) is 13.0 Å². The predicted molar refractivity (Wildman–Crippen MR) is 38.8 cm³/mol. The second kappa shape index (κ2) is 2.53. The van der Waals surface area contributed by atoms with Gasteiger partial charge in [0.2, 0.25) is 0 Å². The van der Waals surface area contributed by atoms with Gasteiger partial charge in [0.25, 0.3) is 0 Å². The lowest BCUT2D eigenvalue weighted by Gasteiger charge is -2.16. The molecule has 0 fully saturated rings. The molecule has 1 N–H and O–H groups in total. The summed E-state index contributed by atoms with van der Waals surface area (Å²) in [6.07, 6.45) is 3.38. The summed E-state index contributed by atoms with van der Waals surface area (Å²) >= 11 is 3.37. The van der Waals surface area contributed by atoms with Crippen LogP contribution in [0.1, 0.15) is 13.3 Å². The van der Waals surface area contributed by atoms with Gasteiger partial charge in [0.1, 0.15) is 0 Å². The third-order valence-corrected chi connectivity index (χ3v) is 1.92. The van der Waals surface area contributed by atoms with Crippen LogP contribution in [0, 0.1) is 5.92 Å². The highest BCUT2D eigenvalue weighted by Crippen LogP contribution is 2.13. The van der Waals surface area contributed by atoms with E-state index in [0.29, 0.717) is 0 Å². The third-order valence-electron chi connectivity index (χ3n) is 1.32. The summed E-state index contributed by atoms with van der Waals surface area (Å²) in [7, 11) is 0. The molecule has 2 heteroatoms. The molecule has 0 aromatic rings. The molecule has 0 aliphatic carbocycles. The molecule has 0 radical (unpaired) electrons. The van der Waals surface area contributed by atoms with Gasteiger partial charge in [-0.2, -0.15) is 0 Å². The van der Waals surface area contributed by atoms with Crippen LogP contribution in [0.2, 0.25) is 0 Å². The van der Waals surface area contributed by atoms with Gasteiger partial charge in [-0.3, -0.25) is 0 Å². The quantitative estimate of drug-likeness (QED) is 0.555. The molecule has 0 bridgehead atoms. The molecule has 0 saturated carbocycles. The van der Waals surface area contributed by atoms with Gasteiger partial charge in [0, 0.05) is 6.54 Å². The number of hydrogen-bond acceptors (Lipinski definition) is 1. The van der Waals surface area contributed by atoms with E-state index in [0.717, 1.165) is 17.1 Å². The minimum Gasteiger partial charge on any atom is -0.379 e. The van der Waals surface area contributed by atoms with E-state index in [1.54, 1.807) is 0 Å². The Morgan fingerprint density at radius 1 is 1.88 bits per heavy atom. The highest BCUT2D eigenvalue weighted by atomic mass is 79.9. The van der Waals surface area contributed by atoms with Crippen molar-refractivity contribution in [2.75, 3.05) is 6.54 Å². The Bertz CT molecular complexity index is 109. The molecule has 1 heterocycles. The molecule has 1 aliphatic heterocycles. The van der Waals surface area contributed by atoms with E-state index < -0.39 is 0 Å². The van der Waals surface area contributed by atoms with Crippen LogP contribution in [0.5, 0.6) is 0 Å². The standard InChI is InChI=1S/C6H10BrN/c1-5-2-3-6(7)8-4-5/h3,5,8H,2,4H2,1H3. The topological polar surface area (TPSA) is 12.0 Å². The zero-order valence-electron chi connectivity index (χ0n) is 4.95. The highest BCUT2D eigenvalue weighted by molar-refractivity contribution is 9.11. The Balaban J connectivity index is 2.42. The normalized spacial score (nSPS) is 28.8. The number of allylic oxidation sites excluding steroid dienone is 1. The average Bonchev–Trinajstić information content (AvgIpc) is 1.77. The fourth-order valence-electron chi connectivity index (χ4n) is 0.732. The summed E-state index contributed by atoms with van der Waals surface area (Å²) < 4.78 is 1.15. The van der Waals surface area contributed by atoms with Crippen molar-refractivity contribution < 1.29 is 0 Å². The number of hydrogen-bond donors (Lipinski definition) is 1. The summed E-state index contributed by atoms with van der Waals surface area (Å²) in [6, 6.07) is 0. The van der Waals surface area contributed by atoms with Crippen LogP contribution in [0.4, 0.5) is 0 Å². The van der Waals surface area contributed by atoms with E-state index in [9.17, 15) is 0 Å².